The molecule has 4 rings (SSSR count). The van der Waals surface area contributed by atoms with Gasteiger partial charge in [0, 0.05) is 12.7 Å². The van der Waals surface area contributed by atoms with Gasteiger partial charge in [-0.05, 0) is 42.5 Å². The van der Waals surface area contributed by atoms with Crippen LogP contribution in [0.2, 0.25) is 0 Å². The Morgan fingerprint density at radius 2 is 1.90 bits per heavy atom. The van der Waals surface area contributed by atoms with Gasteiger partial charge in [-0.2, -0.15) is 0 Å². The van der Waals surface area contributed by atoms with Crippen molar-refractivity contribution in [3.63, 3.8) is 0 Å². The van der Waals surface area contributed by atoms with Crippen molar-refractivity contribution in [3.05, 3.63) is 64.7 Å². The molecular formula is C18H17NO. The number of nitrogens with zero attached hydrogens (tertiary/aromatic N) is 1. The Morgan fingerprint density at radius 1 is 1.10 bits per heavy atom. The summed E-state index contributed by atoms with van der Waals surface area (Å²) in [5.41, 5.74) is 5.57. The van der Waals surface area contributed by atoms with E-state index in [0.717, 1.165) is 18.5 Å². The summed E-state index contributed by atoms with van der Waals surface area (Å²) in [5, 5.41) is 0. The molecule has 20 heavy (non-hydrogen) atoms. The molecule has 1 spiro atoms. The maximum atomic E-state index is 13.0. The van der Waals surface area contributed by atoms with E-state index in [9.17, 15) is 4.79 Å². The summed E-state index contributed by atoms with van der Waals surface area (Å²) in [5.74, 6) is 0.225. The Morgan fingerprint density at radius 3 is 2.75 bits per heavy atom. The Hall–Kier alpha value is -2.09. The summed E-state index contributed by atoms with van der Waals surface area (Å²) >= 11 is 0. The van der Waals surface area contributed by atoms with Crippen LogP contribution in [0.5, 0.6) is 0 Å². The summed E-state index contributed by atoms with van der Waals surface area (Å²) in [6.45, 7) is 2.09. The minimum atomic E-state index is -0.438. The molecule has 2 aliphatic rings. The molecule has 100 valence electrons. The predicted molar refractivity (Wildman–Crippen MR) is 80.1 cm³/mol. The summed E-state index contributed by atoms with van der Waals surface area (Å²) < 4.78 is 0. The number of rotatable bonds is 0. The Bertz CT molecular complexity index is 734. The van der Waals surface area contributed by atoms with Crippen molar-refractivity contribution in [2.75, 3.05) is 11.9 Å². The molecule has 0 saturated heterocycles. The molecule has 1 heterocycles. The molecule has 1 aliphatic carbocycles. The Balaban J connectivity index is 2.06. The lowest BCUT2D eigenvalue weighted by Gasteiger charge is -2.24. The van der Waals surface area contributed by atoms with E-state index in [-0.39, 0.29) is 5.91 Å². The maximum absolute atomic E-state index is 13.0. The van der Waals surface area contributed by atoms with Gasteiger partial charge in [-0.1, -0.05) is 42.0 Å². The number of fused-ring (bicyclic) bond motifs is 4. The molecule has 2 nitrogen and oxygen atoms in total. The third-order valence-electron chi connectivity index (χ3n) is 4.89. The van der Waals surface area contributed by atoms with Crippen LogP contribution in [-0.2, 0) is 16.6 Å². The highest BCUT2D eigenvalue weighted by Crippen LogP contribution is 2.52. The molecule has 0 saturated carbocycles. The van der Waals surface area contributed by atoms with E-state index in [1.54, 1.807) is 0 Å². The van der Waals surface area contributed by atoms with Gasteiger partial charge in [-0.15, -0.1) is 0 Å². The number of likely N-dealkylation sites (N-methyl/N-ethyl adjacent to an activating group) is 1. The van der Waals surface area contributed by atoms with Crippen molar-refractivity contribution in [3.8, 4) is 0 Å². The lowest BCUT2D eigenvalue weighted by Crippen LogP contribution is -2.37. The average Bonchev–Trinajstić information content (AvgIpc) is 2.94. The van der Waals surface area contributed by atoms with Crippen LogP contribution in [0.3, 0.4) is 0 Å². The highest BCUT2D eigenvalue weighted by molar-refractivity contribution is 6.10. The van der Waals surface area contributed by atoms with Crippen molar-refractivity contribution in [1.82, 2.24) is 0 Å². The van der Waals surface area contributed by atoms with Gasteiger partial charge in [0.2, 0.25) is 5.91 Å². The van der Waals surface area contributed by atoms with Crippen molar-refractivity contribution in [2.45, 2.75) is 25.2 Å². The first-order chi connectivity index (χ1) is 9.64. The topological polar surface area (TPSA) is 20.3 Å². The minimum Gasteiger partial charge on any atom is -0.314 e. The first-order valence-corrected chi connectivity index (χ1v) is 7.12. The fourth-order valence-electron chi connectivity index (χ4n) is 3.91. The average molecular weight is 263 g/mol. The lowest BCUT2D eigenvalue weighted by molar-refractivity contribution is -0.121. The van der Waals surface area contributed by atoms with Crippen LogP contribution in [0.25, 0.3) is 0 Å². The predicted octanol–water partition coefficient (Wildman–Crippen LogP) is 3.20. The van der Waals surface area contributed by atoms with E-state index in [2.05, 4.69) is 43.3 Å². The van der Waals surface area contributed by atoms with Gasteiger partial charge >= 0.3 is 0 Å². The van der Waals surface area contributed by atoms with Crippen LogP contribution in [-0.4, -0.2) is 13.0 Å². The molecule has 0 radical (unpaired) electrons. The first-order valence-electron chi connectivity index (χ1n) is 7.12. The largest absolute Gasteiger partial charge is 0.314 e. The summed E-state index contributed by atoms with van der Waals surface area (Å²) in [6, 6.07) is 14.8. The molecule has 0 fully saturated rings. The molecule has 0 aromatic heterocycles. The first kappa shape index (κ1) is 11.7. The number of carbonyl (C=O) groups excluding carboxylic acids is 1. The number of amides is 1. The van der Waals surface area contributed by atoms with Gasteiger partial charge in [0.25, 0.3) is 0 Å². The fraction of sp³-hybridized carbons (Fsp3) is 0.278. The molecule has 0 N–H and O–H groups in total. The number of anilines is 1. The second-order valence-corrected chi connectivity index (χ2v) is 5.95. The SMILES string of the molecule is Cc1ccc2c(c1)C1(CCc3ccccc31)C(=O)N2C. The summed E-state index contributed by atoms with van der Waals surface area (Å²) in [7, 11) is 1.90. The number of hydrogen-bond donors (Lipinski definition) is 0. The molecule has 1 unspecified atom stereocenters. The normalized spacial score (nSPS) is 23.3. The third kappa shape index (κ3) is 1.22. The van der Waals surface area contributed by atoms with Gasteiger partial charge in [0.15, 0.2) is 0 Å². The minimum absolute atomic E-state index is 0.225. The van der Waals surface area contributed by atoms with E-state index < -0.39 is 5.41 Å². The van der Waals surface area contributed by atoms with Crippen LogP contribution in [0.1, 0.15) is 28.7 Å². The number of benzene rings is 2. The molecular weight excluding hydrogens is 246 g/mol. The van der Waals surface area contributed by atoms with Crippen LogP contribution in [0.4, 0.5) is 5.69 Å². The second-order valence-electron chi connectivity index (χ2n) is 5.95. The Kier molecular flexibility index (Phi) is 2.18. The van der Waals surface area contributed by atoms with Crippen molar-refractivity contribution in [2.24, 2.45) is 0 Å². The molecule has 1 aliphatic heterocycles. The van der Waals surface area contributed by atoms with E-state index in [1.165, 1.54) is 22.3 Å². The molecule has 1 atom stereocenters. The third-order valence-corrected chi connectivity index (χ3v) is 4.89. The van der Waals surface area contributed by atoms with Crippen molar-refractivity contribution >= 4 is 11.6 Å². The van der Waals surface area contributed by atoms with Gasteiger partial charge in [-0.3, -0.25) is 4.79 Å². The van der Waals surface area contributed by atoms with E-state index in [1.807, 2.05) is 18.0 Å². The van der Waals surface area contributed by atoms with Gasteiger partial charge in [0.1, 0.15) is 5.41 Å². The smallest absolute Gasteiger partial charge is 0.241 e. The van der Waals surface area contributed by atoms with Crippen LogP contribution in [0.15, 0.2) is 42.5 Å². The zero-order valence-corrected chi connectivity index (χ0v) is 11.8. The monoisotopic (exact) mass is 263 g/mol. The van der Waals surface area contributed by atoms with E-state index in [4.69, 9.17) is 0 Å². The number of carbonyl (C=O) groups is 1. The van der Waals surface area contributed by atoms with Gasteiger partial charge in [-0.25, -0.2) is 0 Å². The Labute approximate surface area is 119 Å². The standard InChI is InChI=1S/C18H17NO/c1-12-7-8-16-15(11-12)18(17(20)19(16)2)10-9-13-5-3-4-6-14(13)18/h3-8,11H,9-10H2,1-2H3. The van der Waals surface area contributed by atoms with E-state index in [0.29, 0.717) is 0 Å². The number of hydrogen-bond acceptors (Lipinski definition) is 1. The van der Waals surface area contributed by atoms with Crippen LogP contribution < -0.4 is 4.90 Å². The van der Waals surface area contributed by atoms with Crippen LogP contribution in [0, 0.1) is 6.92 Å². The van der Waals surface area contributed by atoms with Crippen molar-refractivity contribution in [1.29, 1.82) is 0 Å². The highest BCUT2D eigenvalue weighted by atomic mass is 16.2. The van der Waals surface area contributed by atoms with Gasteiger partial charge < -0.3 is 4.90 Å². The van der Waals surface area contributed by atoms with E-state index >= 15 is 0 Å². The summed E-state index contributed by atoms with van der Waals surface area (Å²) in [4.78, 5) is 14.8. The quantitative estimate of drug-likeness (QED) is 0.714. The zero-order valence-electron chi connectivity index (χ0n) is 11.8. The molecule has 2 aromatic rings. The van der Waals surface area contributed by atoms with Gasteiger partial charge in [0.05, 0.1) is 0 Å². The van der Waals surface area contributed by atoms with Crippen molar-refractivity contribution < 1.29 is 4.79 Å². The maximum Gasteiger partial charge on any atom is 0.241 e. The fourth-order valence-corrected chi connectivity index (χ4v) is 3.91. The molecule has 0 bridgehead atoms. The second kappa shape index (κ2) is 3.72. The lowest BCUT2D eigenvalue weighted by atomic mass is 9.76. The highest BCUT2D eigenvalue weighted by Gasteiger charge is 2.53. The molecule has 1 amide bonds. The number of aryl methyl sites for hydroxylation is 2. The summed E-state index contributed by atoms with van der Waals surface area (Å²) in [6.07, 6.45) is 1.88. The molecule has 2 heteroatoms. The zero-order chi connectivity index (χ0) is 13.9. The molecule has 2 aromatic carbocycles. The van der Waals surface area contributed by atoms with Crippen LogP contribution >= 0.6 is 0 Å².